The van der Waals surface area contributed by atoms with Crippen LogP contribution in [-0.4, -0.2) is 57.6 Å². The predicted octanol–water partition coefficient (Wildman–Crippen LogP) is 1.42. The zero-order valence-corrected chi connectivity index (χ0v) is 13.3. The standard InChI is InChI=1S/C16H16N6O3/c1-3-17-4-2-11(1)14-21-16(25-22-14)13-8-18-10-20-15(13)19-7-12-9-23-5-6-24-12/h1-4,8,10,12H,5-7,9H2,(H,18,19,20). The van der Waals surface area contributed by atoms with Crippen LogP contribution in [0.2, 0.25) is 0 Å². The summed E-state index contributed by atoms with van der Waals surface area (Å²) < 4.78 is 16.4. The van der Waals surface area contributed by atoms with Crippen molar-refractivity contribution in [3.8, 4) is 22.8 Å². The van der Waals surface area contributed by atoms with E-state index in [0.717, 1.165) is 5.56 Å². The van der Waals surface area contributed by atoms with E-state index in [2.05, 4.69) is 30.4 Å². The van der Waals surface area contributed by atoms with E-state index < -0.39 is 0 Å². The van der Waals surface area contributed by atoms with Crippen molar-refractivity contribution in [3.05, 3.63) is 37.1 Å². The zero-order chi connectivity index (χ0) is 16.9. The number of hydrogen-bond acceptors (Lipinski definition) is 9. The van der Waals surface area contributed by atoms with Crippen LogP contribution in [0.3, 0.4) is 0 Å². The summed E-state index contributed by atoms with van der Waals surface area (Å²) in [6, 6.07) is 3.63. The van der Waals surface area contributed by atoms with E-state index in [-0.39, 0.29) is 6.10 Å². The lowest BCUT2D eigenvalue weighted by Crippen LogP contribution is -2.34. The van der Waals surface area contributed by atoms with Gasteiger partial charge in [-0.2, -0.15) is 4.98 Å². The molecular formula is C16H16N6O3. The van der Waals surface area contributed by atoms with Crippen molar-refractivity contribution in [1.82, 2.24) is 25.1 Å². The fraction of sp³-hybridized carbons (Fsp3) is 0.312. The number of rotatable bonds is 5. The van der Waals surface area contributed by atoms with Crippen molar-refractivity contribution < 1.29 is 14.0 Å². The molecule has 9 heteroatoms. The Kier molecular flexibility index (Phi) is 4.57. The van der Waals surface area contributed by atoms with Gasteiger partial charge in [0.1, 0.15) is 17.7 Å². The molecule has 25 heavy (non-hydrogen) atoms. The second kappa shape index (κ2) is 7.32. The summed E-state index contributed by atoms with van der Waals surface area (Å²) in [6.07, 6.45) is 6.43. The van der Waals surface area contributed by atoms with Gasteiger partial charge in [0.15, 0.2) is 0 Å². The molecule has 4 heterocycles. The number of anilines is 1. The van der Waals surface area contributed by atoms with Crippen LogP contribution in [0, 0.1) is 0 Å². The third-order valence-electron chi connectivity index (χ3n) is 3.69. The Morgan fingerprint density at radius 3 is 2.92 bits per heavy atom. The minimum atomic E-state index is -0.0216. The summed E-state index contributed by atoms with van der Waals surface area (Å²) in [5, 5.41) is 7.25. The van der Waals surface area contributed by atoms with E-state index in [1.54, 1.807) is 18.6 Å². The van der Waals surface area contributed by atoms with Crippen molar-refractivity contribution in [3.63, 3.8) is 0 Å². The third-order valence-corrected chi connectivity index (χ3v) is 3.69. The number of aromatic nitrogens is 5. The van der Waals surface area contributed by atoms with Crippen LogP contribution in [0.15, 0.2) is 41.6 Å². The highest BCUT2D eigenvalue weighted by Gasteiger charge is 2.18. The van der Waals surface area contributed by atoms with E-state index in [1.807, 2.05) is 12.1 Å². The second-order valence-electron chi connectivity index (χ2n) is 5.39. The van der Waals surface area contributed by atoms with Crippen LogP contribution in [0.4, 0.5) is 5.82 Å². The molecule has 1 saturated heterocycles. The summed E-state index contributed by atoms with van der Waals surface area (Å²) in [4.78, 5) is 16.7. The normalized spacial score (nSPS) is 17.4. The topological polar surface area (TPSA) is 108 Å². The average molecular weight is 340 g/mol. The summed E-state index contributed by atoms with van der Waals surface area (Å²) in [6.45, 7) is 2.35. The molecule has 0 aromatic carbocycles. The lowest BCUT2D eigenvalue weighted by Gasteiger charge is -2.23. The molecule has 0 bridgehead atoms. The van der Waals surface area contributed by atoms with Gasteiger partial charge in [0.05, 0.1) is 25.9 Å². The molecule has 0 radical (unpaired) electrons. The van der Waals surface area contributed by atoms with E-state index in [4.69, 9.17) is 14.0 Å². The average Bonchev–Trinajstić information content (AvgIpc) is 3.18. The largest absolute Gasteiger partial charge is 0.376 e. The molecule has 3 aromatic heterocycles. The van der Waals surface area contributed by atoms with Gasteiger partial charge in [-0.25, -0.2) is 9.97 Å². The maximum atomic E-state index is 5.62. The minimum absolute atomic E-state index is 0.0216. The van der Waals surface area contributed by atoms with E-state index in [9.17, 15) is 0 Å². The molecule has 9 nitrogen and oxygen atoms in total. The maximum absolute atomic E-state index is 5.62. The Balaban J connectivity index is 1.53. The van der Waals surface area contributed by atoms with Crippen LogP contribution in [0.25, 0.3) is 22.8 Å². The first-order valence-corrected chi connectivity index (χ1v) is 7.88. The van der Waals surface area contributed by atoms with Gasteiger partial charge in [0, 0.05) is 30.7 Å². The lowest BCUT2D eigenvalue weighted by molar-refractivity contribution is -0.0819. The molecule has 1 atom stereocenters. The van der Waals surface area contributed by atoms with Gasteiger partial charge in [0.2, 0.25) is 5.82 Å². The molecule has 1 aliphatic rings. The Morgan fingerprint density at radius 2 is 2.08 bits per heavy atom. The van der Waals surface area contributed by atoms with Crippen molar-refractivity contribution in [2.45, 2.75) is 6.10 Å². The van der Waals surface area contributed by atoms with Gasteiger partial charge in [-0.3, -0.25) is 4.98 Å². The van der Waals surface area contributed by atoms with Crippen LogP contribution >= 0.6 is 0 Å². The smallest absolute Gasteiger partial charge is 0.263 e. The fourth-order valence-electron chi connectivity index (χ4n) is 2.44. The summed E-state index contributed by atoms with van der Waals surface area (Å²) in [5.41, 5.74) is 1.45. The van der Waals surface area contributed by atoms with Crippen LogP contribution in [0.5, 0.6) is 0 Å². The summed E-state index contributed by atoms with van der Waals surface area (Å²) >= 11 is 0. The maximum Gasteiger partial charge on any atom is 0.263 e. The van der Waals surface area contributed by atoms with Gasteiger partial charge in [-0.15, -0.1) is 0 Å². The number of nitrogens with zero attached hydrogens (tertiary/aromatic N) is 5. The van der Waals surface area contributed by atoms with E-state index in [1.165, 1.54) is 6.33 Å². The first kappa shape index (κ1) is 15.6. The Hall–Kier alpha value is -2.91. The molecule has 0 amide bonds. The van der Waals surface area contributed by atoms with Crippen LogP contribution < -0.4 is 5.32 Å². The highest BCUT2D eigenvalue weighted by atomic mass is 16.6. The molecule has 1 aliphatic heterocycles. The van der Waals surface area contributed by atoms with Crippen LogP contribution in [-0.2, 0) is 9.47 Å². The number of ether oxygens (including phenoxy) is 2. The van der Waals surface area contributed by atoms with Crippen molar-refractivity contribution in [2.75, 3.05) is 31.7 Å². The Bertz CT molecular complexity index is 820. The van der Waals surface area contributed by atoms with E-state index >= 15 is 0 Å². The molecule has 0 saturated carbocycles. The van der Waals surface area contributed by atoms with Crippen molar-refractivity contribution in [2.24, 2.45) is 0 Å². The molecule has 1 unspecified atom stereocenters. The SMILES string of the molecule is c1cc(-c2noc(-c3cncnc3NCC3COCCO3)n2)ccn1. The van der Waals surface area contributed by atoms with Gasteiger partial charge >= 0.3 is 0 Å². The third kappa shape index (κ3) is 3.62. The minimum Gasteiger partial charge on any atom is -0.376 e. The molecule has 128 valence electrons. The summed E-state index contributed by atoms with van der Waals surface area (Å²) in [7, 11) is 0. The Morgan fingerprint density at radius 1 is 1.16 bits per heavy atom. The van der Waals surface area contributed by atoms with Gasteiger partial charge in [0.25, 0.3) is 5.89 Å². The van der Waals surface area contributed by atoms with Crippen LogP contribution in [0.1, 0.15) is 0 Å². The number of pyridine rings is 1. The molecule has 4 rings (SSSR count). The number of hydrogen-bond donors (Lipinski definition) is 1. The molecule has 0 aliphatic carbocycles. The molecule has 1 fully saturated rings. The van der Waals surface area contributed by atoms with Crippen molar-refractivity contribution in [1.29, 1.82) is 0 Å². The van der Waals surface area contributed by atoms with Crippen molar-refractivity contribution >= 4 is 5.82 Å². The lowest BCUT2D eigenvalue weighted by atomic mass is 10.2. The first-order chi connectivity index (χ1) is 12.4. The predicted molar refractivity (Wildman–Crippen MR) is 87.6 cm³/mol. The second-order valence-corrected chi connectivity index (χ2v) is 5.39. The van der Waals surface area contributed by atoms with E-state index in [0.29, 0.717) is 49.5 Å². The molecule has 0 spiro atoms. The molecule has 1 N–H and O–H groups in total. The highest BCUT2D eigenvalue weighted by molar-refractivity contribution is 5.69. The van der Waals surface area contributed by atoms with Gasteiger partial charge in [-0.1, -0.05) is 5.16 Å². The van der Waals surface area contributed by atoms with Gasteiger partial charge < -0.3 is 19.3 Å². The Labute approximate surface area is 143 Å². The zero-order valence-electron chi connectivity index (χ0n) is 13.3. The highest BCUT2D eigenvalue weighted by Crippen LogP contribution is 2.26. The first-order valence-electron chi connectivity index (χ1n) is 7.88. The molecular weight excluding hydrogens is 324 g/mol. The number of nitrogens with one attached hydrogen (secondary N) is 1. The summed E-state index contributed by atoms with van der Waals surface area (Å²) in [5.74, 6) is 1.43. The quantitative estimate of drug-likeness (QED) is 0.737. The fourth-order valence-corrected chi connectivity index (χ4v) is 2.44. The monoisotopic (exact) mass is 340 g/mol. The molecule has 3 aromatic rings. The van der Waals surface area contributed by atoms with Gasteiger partial charge in [-0.05, 0) is 12.1 Å².